The summed E-state index contributed by atoms with van der Waals surface area (Å²) in [6, 6.07) is 13.1. The van der Waals surface area contributed by atoms with Crippen molar-refractivity contribution >= 4 is 18.1 Å². The summed E-state index contributed by atoms with van der Waals surface area (Å²) in [4.78, 5) is 40.2. The number of amides is 2. The van der Waals surface area contributed by atoms with Crippen molar-refractivity contribution in [3.05, 3.63) is 64.7 Å². The summed E-state index contributed by atoms with van der Waals surface area (Å²) in [6.45, 7) is 5.05. The van der Waals surface area contributed by atoms with Crippen molar-refractivity contribution in [1.82, 2.24) is 15.1 Å². The molecule has 0 radical (unpaired) electrons. The summed E-state index contributed by atoms with van der Waals surface area (Å²) >= 11 is 0. The molecule has 0 aromatic heterocycles. The van der Waals surface area contributed by atoms with Gasteiger partial charge in [0.1, 0.15) is 24.7 Å². The topological polar surface area (TPSA) is 88.2 Å². The Labute approximate surface area is 199 Å². The lowest BCUT2D eigenvalue weighted by molar-refractivity contribution is -0.125. The van der Waals surface area contributed by atoms with Crippen molar-refractivity contribution in [3.8, 4) is 5.75 Å². The summed E-state index contributed by atoms with van der Waals surface area (Å²) in [5, 5.41) is 2.60. The quantitative estimate of drug-likeness (QED) is 0.541. The number of benzene rings is 2. The van der Waals surface area contributed by atoms with Crippen LogP contribution < -0.4 is 10.1 Å². The highest BCUT2D eigenvalue weighted by Crippen LogP contribution is 2.33. The van der Waals surface area contributed by atoms with E-state index < -0.39 is 6.04 Å². The molecule has 0 bridgehead atoms. The van der Waals surface area contributed by atoms with Gasteiger partial charge >= 0.3 is 0 Å². The minimum atomic E-state index is -0.693. The molecule has 1 fully saturated rings. The van der Waals surface area contributed by atoms with E-state index in [1.54, 1.807) is 12.1 Å². The van der Waals surface area contributed by atoms with Crippen LogP contribution in [0.3, 0.4) is 0 Å². The van der Waals surface area contributed by atoms with Crippen LogP contribution in [0.25, 0.3) is 0 Å². The smallest absolute Gasteiger partial charge is 0.255 e. The van der Waals surface area contributed by atoms with Crippen LogP contribution in [0.1, 0.15) is 39.9 Å². The van der Waals surface area contributed by atoms with Gasteiger partial charge in [0.2, 0.25) is 5.91 Å². The lowest BCUT2D eigenvalue weighted by Gasteiger charge is -2.26. The number of nitrogens with one attached hydrogen (secondary N) is 1. The third-order valence-electron chi connectivity index (χ3n) is 6.36. The first-order valence-corrected chi connectivity index (χ1v) is 11.7. The normalized spacial score (nSPS) is 16.7. The first-order valence-electron chi connectivity index (χ1n) is 11.7. The summed E-state index contributed by atoms with van der Waals surface area (Å²) in [6.07, 6.45) is 1.27. The Balaban J connectivity index is 1.41. The Bertz CT molecular complexity index is 1020. The van der Waals surface area contributed by atoms with E-state index in [4.69, 9.17) is 9.47 Å². The predicted octanol–water partition coefficient (Wildman–Crippen LogP) is 2.15. The number of fused-ring (bicyclic) bond motifs is 1. The molecule has 0 aliphatic carbocycles. The van der Waals surface area contributed by atoms with Crippen LogP contribution in [0, 0.1) is 0 Å². The van der Waals surface area contributed by atoms with Gasteiger partial charge in [0.15, 0.2) is 0 Å². The summed E-state index contributed by atoms with van der Waals surface area (Å²) in [5.41, 5.74) is 3.61. The van der Waals surface area contributed by atoms with E-state index >= 15 is 0 Å². The molecule has 180 valence electrons. The minimum Gasteiger partial charge on any atom is -0.489 e. The van der Waals surface area contributed by atoms with Crippen LogP contribution in [0.15, 0.2) is 42.5 Å². The van der Waals surface area contributed by atoms with Crippen molar-refractivity contribution in [2.45, 2.75) is 38.6 Å². The zero-order valence-electron chi connectivity index (χ0n) is 19.5. The molecule has 2 heterocycles. The van der Waals surface area contributed by atoms with Crippen molar-refractivity contribution in [2.75, 3.05) is 33.4 Å². The van der Waals surface area contributed by atoms with E-state index in [2.05, 4.69) is 34.5 Å². The Morgan fingerprint density at radius 2 is 1.88 bits per heavy atom. The number of hydrogen-bond donors (Lipinski definition) is 1. The van der Waals surface area contributed by atoms with Gasteiger partial charge in [0.05, 0.1) is 19.8 Å². The minimum absolute atomic E-state index is 0.211. The zero-order chi connectivity index (χ0) is 23.9. The fourth-order valence-electron chi connectivity index (χ4n) is 4.45. The molecule has 8 nitrogen and oxygen atoms in total. The molecule has 2 amide bonds. The molecule has 8 heteroatoms. The average Bonchev–Trinajstić information content (AvgIpc) is 3.21. The summed E-state index contributed by atoms with van der Waals surface area (Å²) in [7, 11) is 1.53. The van der Waals surface area contributed by atoms with Gasteiger partial charge in [-0.15, -0.1) is 0 Å². The average molecular weight is 466 g/mol. The Kier molecular flexibility index (Phi) is 7.92. The van der Waals surface area contributed by atoms with E-state index in [9.17, 15) is 14.4 Å². The highest BCUT2D eigenvalue weighted by molar-refractivity contribution is 6.01. The van der Waals surface area contributed by atoms with Crippen LogP contribution >= 0.6 is 0 Å². The fraction of sp³-hybridized carbons (Fsp3) is 0.423. The largest absolute Gasteiger partial charge is 0.489 e. The van der Waals surface area contributed by atoms with Gasteiger partial charge in [0, 0.05) is 44.2 Å². The van der Waals surface area contributed by atoms with E-state index in [1.807, 2.05) is 6.07 Å². The Morgan fingerprint density at radius 1 is 1.15 bits per heavy atom. The maximum atomic E-state index is 13.0. The van der Waals surface area contributed by atoms with Gasteiger partial charge in [-0.05, 0) is 29.7 Å². The van der Waals surface area contributed by atoms with Crippen molar-refractivity contribution in [2.24, 2.45) is 0 Å². The molecule has 2 aliphatic rings. The third kappa shape index (κ3) is 5.46. The number of aldehydes is 1. The number of nitrogens with zero attached hydrogens (tertiary/aromatic N) is 2. The van der Waals surface area contributed by atoms with Crippen molar-refractivity contribution < 1.29 is 23.9 Å². The molecule has 1 atom stereocenters. The highest BCUT2D eigenvalue weighted by Gasteiger charge is 2.37. The second-order valence-electron chi connectivity index (χ2n) is 8.58. The molecule has 4 rings (SSSR count). The maximum Gasteiger partial charge on any atom is 0.255 e. The molecule has 2 aliphatic heterocycles. The van der Waals surface area contributed by atoms with Crippen LogP contribution in [-0.2, 0) is 34.0 Å². The van der Waals surface area contributed by atoms with E-state index in [0.29, 0.717) is 17.9 Å². The number of ether oxygens (including phenoxy) is 2. The predicted molar refractivity (Wildman–Crippen MR) is 126 cm³/mol. The highest BCUT2D eigenvalue weighted by atomic mass is 16.5. The van der Waals surface area contributed by atoms with E-state index in [0.717, 1.165) is 50.3 Å². The van der Waals surface area contributed by atoms with Gasteiger partial charge in [0.25, 0.3) is 5.91 Å². The molecule has 0 unspecified atom stereocenters. The number of carbonyl (C=O) groups is 3. The number of hydrogen-bond acceptors (Lipinski definition) is 6. The maximum absolute atomic E-state index is 13.0. The number of rotatable bonds is 10. The van der Waals surface area contributed by atoms with Crippen molar-refractivity contribution in [3.63, 3.8) is 0 Å². The van der Waals surface area contributed by atoms with Gasteiger partial charge in [-0.2, -0.15) is 0 Å². The van der Waals surface area contributed by atoms with Crippen molar-refractivity contribution in [1.29, 1.82) is 0 Å². The molecule has 0 saturated carbocycles. The lowest BCUT2D eigenvalue weighted by Crippen LogP contribution is -2.46. The van der Waals surface area contributed by atoms with E-state index in [-0.39, 0.29) is 31.2 Å². The van der Waals surface area contributed by atoms with E-state index in [1.165, 1.54) is 17.5 Å². The van der Waals surface area contributed by atoms with Gasteiger partial charge in [-0.3, -0.25) is 14.5 Å². The molecule has 34 heavy (non-hydrogen) atoms. The standard InChI is InChI=1S/C26H31N3O5/c1-27-25(31)23(5-3-13-30)29-17-22-21(26(29)32)4-2-6-24(22)34-18-20-9-7-19(8-10-20)16-28-11-14-33-15-12-28/h2,4,6-10,13,23H,3,5,11-12,14-18H2,1H3,(H,27,31)/t23-/m1/s1. The first-order chi connectivity index (χ1) is 16.6. The van der Waals surface area contributed by atoms with Gasteiger partial charge in [-0.25, -0.2) is 0 Å². The molecule has 0 spiro atoms. The lowest BCUT2D eigenvalue weighted by atomic mass is 10.1. The molecular weight excluding hydrogens is 434 g/mol. The van der Waals surface area contributed by atoms with Gasteiger partial charge in [-0.1, -0.05) is 30.3 Å². The van der Waals surface area contributed by atoms with Crippen LogP contribution in [-0.4, -0.2) is 67.3 Å². The van der Waals surface area contributed by atoms with Gasteiger partial charge < -0.3 is 24.5 Å². The molecule has 2 aromatic carbocycles. The fourth-order valence-corrected chi connectivity index (χ4v) is 4.45. The molecule has 2 aromatic rings. The first kappa shape index (κ1) is 23.9. The summed E-state index contributed by atoms with van der Waals surface area (Å²) in [5.74, 6) is 0.145. The monoisotopic (exact) mass is 465 g/mol. The SMILES string of the molecule is CNC(=O)[C@@H](CCC=O)N1Cc2c(OCc3ccc(CN4CCOCC4)cc3)cccc2C1=O. The third-order valence-corrected chi connectivity index (χ3v) is 6.36. The number of morpholine rings is 1. The summed E-state index contributed by atoms with van der Waals surface area (Å²) < 4.78 is 11.5. The second-order valence-corrected chi connectivity index (χ2v) is 8.58. The number of carbonyl (C=O) groups excluding carboxylic acids is 3. The second kappa shape index (κ2) is 11.3. The molecule has 1 N–H and O–H groups in total. The molecular formula is C26H31N3O5. The van der Waals surface area contributed by atoms with Crippen LogP contribution in [0.4, 0.5) is 0 Å². The Morgan fingerprint density at radius 3 is 2.59 bits per heavy atom. The van der Waals surface area contributed by atoms with Crippen LogP contribution in [0.5, 0.6) is 5.75 Å². The van der Waals surface area contributed by atoms with Crippen LogP contribution in [0.2, 0.25) is 0 Å². The zero-order valence-corrected chi connectivity index (χ0v) is 19.5. The molecule has 1 saturated heterocycles. The Hall–Kier alpha value is -3.23. The number of likely N-dealkylation sites (N-methyl/N-ethyl adjacent to an activating group) is 1.